The summed E-state index contributed by atoms with van der Waals surface area (Å²) >= 11 is 3.51. The molecule has 0 aromatic heterocycles. The molecule has 0 aliphatic carbocycles. The number of benzene rings is 2. The van der Waals surface area contributed by atoms with Crippen molar-refractivity contribution in [3.8, 4) is 0 Å². The fourth-order valence-corrected chi connectivity index (χ4v) is 2.93. The molecule has 20 heavy (non-hydrogen) atoms. The molecule has 0 aliphatic rings. The van der Waals surface area contributed by atoms with Crippen molar-refractivity contribution >= 4 is 32.6 Å². The molecule has 106 valence electrons. The maximum absolute atomic E-state index is 12.6. The summed E-state index contributed by atoms with van der Waals surface area (Å²) in [5.41, 5.74) is 0.739. The minimum Gasteiger partial charge on any atom is -0.383 e. The van der Waals surface area contributed by atoms with E-state index in [9.17, 15) is 4.79 Å². The lowest BCUT2D eigenvalue weighted by atomic mass is 10.0. The third-order valence-corrected chi connectivity index (χ3v) is 3.74. The molecule has 1 unspecified atom stereocenters. The van der Waals surface area contributed by atoms with Gasteiger partial charge in [0.1, 0.15) is 0 Å². The number of alkyl halides is 1. The number of amides is 1. The normalized spacial score (nSPS) is 12.3. The average molecular weight is 336 g/mol. The third kappa shape index (κ3) is 3.38. The van der Waals surface area contributed by atoms with E-state index >= 15 is 0 Å². The predicted octanol–water partition coefficient (Wildman–Crippen LogP) is 3.32. The van der Waals surface area contributed by atoms with E-state index in [-0.39, 0.29) is 10.7 Å². The van der Waals surface area contributed by atoms with E-state index in [0.717, 1.165) is 16.3 Å². The van der Waals surface area contributed by atoms with Crippen molar-refractivity contribution < 1.29 is 9.53 Å². The summed E-state index contributed by atoms with van der Waals surface area (Å²) in [5, 5.41) is 2.07. The number of halogens is 1. The van der Waals surface area contributed by atoms with Gasteiger partial charge in [-0.1, -0.05) is 52.3 Å². The van der Waals surface area contributed by atoms with Gasteiger partial charge in [0.05, 0.1) is 11.4 Å². The van der Waals surface area contributed by atoms with Gasteiger partial charge in [-0.3, -0.25) is 4.79 Å². The number of hydrogen-bond donors (Lipinski definition) is 0. The first-order chi connectivity index (χ1) is 9.63. The zero-order chi connectivity index (χ0) is 14.5. The number of nitrogens with zero attached hydrogens (tertiary/aromatic N) is 1. The van der Waals surface area contributed by atoms with Gasteiger partial charge in [0.15, 0.2) is 0 Å². The van der Waals surface area contributed by atoms with E-state index < -0.39 is 0 Å². The van der Waals surface area contributed by atoms with Crippen LogP contribution >= 0.6 is 15.9 Å². The summed E-state index contributed by atoms with van der Waals surface area (Å²) in [5.74, 6) is 0.0300. The highest BCUT2D eigenvalue weighted by atomic mass is 79.9. The van der Waals surface area contributed by atoms with Gasteiger partial charge in [0, 0.05) is 26.3 Å². The number of ether oxygens (including phenoxy) is 1. The summed E-state index contributed by atoms with van der Waals surface area (Å²) in [7, 11) is 3.47. The molecule has 2 aromatic carbocycles. The maximum atomic E-state index is 12.6. The molecular formula is C16H18BrNO2. The Morgan fingerprint density at radius 1 is 1.25 bits per heavy atom. The number of methoxy groups -OCH3 is 1. The van der Waals surface area contributed by atoms with Crippen LogP contribution in [0.1, 0.15) is 10.4 Å². The molecule has 0 saturated carbocycles. The van der Waals surface area contributed by atoms with Crippen LogP contribution in [-0.4, -0.2) is 42.9 Å². The highest BCUT2D eigenvalue weighted by Gasteiger charge is 2.17. The largest absolute Gasteiger partial charge is 0.383 e. The first kappa shape index (κ1) is 15.0. The second-order valence-electron chi connectivity index (χ2n) is 4.77. The van der Waals surface area contributed by atoms with Crippen molar-refractivity contribution in [2.45, 2.75) is 4.83 Å². The monoisotopic (exact) mass is 335 g/mol. The van der Waals surface area contributed by atoms with E-state index in [1.165, 1.54) is 0 Å². The molecule has 1 amide bonds. The molecule has 0 radical (unpaired) electrons. The Bertz CT molecular complexity index is 595. The fraction of sp³-hybridized carbons (Fsp3) is 0.312. The molecule has 0 aliphatic heterocycles. The highest BCUT2D eigenvalue weighted by molar-refractivity contribution is 9.09. The molecule has 0 N–H and O–H groups in total. The minimum atomic E-state index is 0.0300. The van der Waals surface area contributed by atoms with Crippen LogP contribution in [0.4, 0.5) is 0 Å². The molecule has 1 atom stereocenters. The lowest BCUT2D eigenvalue weighted by molar-refractivity contribution is 0.0786. The molecule has 0 bridgehead atoms. The smallest absolute Gasteiger partial charge is 0.254 e. The second-order valence-corrected chi connectivity index (χ2v) is 6.06. The number of rotatable bonds is 5. The van der Waals surface area contributed by atoms with E-state index in [1.54, 1.807) is 12.0 Å². The molecular weight excluding hydrogens is 318 g/mol. The quantitative estimate of drug-likeness (QED) is 0.784. The summed E-state index contributed by atoms with van der Waals surface area (Å²) < 4.78 is 5.08. The number of hydrogen-bond acceptors (Lipinski definition) is 2. The molecule has 2 rings (SSSR count). The number of fused-ring (bicyclic) bond motifs is 1. The molecule has 0 heterocycles. The van der Waals surface area contributed by atoms with Gasteiger partial charge in [-0.25, -0.2) is 0 Å². The Morgan fingerprint density at radius 3 is 2.70 bits per heavy atom. The molecule has 0 fully saturated rings. The zero-order valence-corrected chi connectivity index (χ0v) is 13.3. The topological polar surface area (TPSA) is 29.5 Å². The summed E-state index contributed by atoms with van der Waals surface area (Å²) in [6.45, 7) is 1.18. The van der Waals surface area contributed by atoms with Crippen LogP contribution in [0, 0.1) is 0 Å². The van der Waals surface area contributed by atoms with Crippen LogP contribution in [0.25, 0.3) is 10.8 Å². The lowest BCUT2D eigenvalue weighted by Crippen LogP contribution is -2.33. The standard InChI is InChI=1S/C16H18BrNO2/c1-18(10-13(17)11-20-2)16(19)15-9-5-7-12-6-3-4-8-14(12)15/h3-9,13H,10-11H2,1-2H3. The summed E-state index contributed by atoms with van der Waals surface area (Å²) in [4.78, 5) is 14.4. The first-order valence-electron chi connectivity index (χ1n) is 6.49. The van der Waals surface area contributed by atoms with Gasteiger partial charge in [0.25, 0.3) is 5.91 Å². The SMILES string of the molecule is COCC(Br)CN(C)C(=O)c1cccc2ccccc12. The van der Waals surface area contributed by atoms with Gasteiger partial charge in [-0.2, -0.15) is 0 Å². The Balaban J connectivity index is 2.23. The van der Waals surface area contributed by atoms with Crippen molar-refractivity contribution in [1.29, 1.82) is 0 Å². The van der Waals surface area contributed by atoms with Crippen LogP contribution in [-0.2, 0) is 4.74 Å². The first-order valence-corrected chi connectivity index (χ1v) is 7.41. The van der Waals surface area contributed by atoms with Crippen molar-refractivity contribution in [3.05, 3.63) is 48.0 Å². The highest BCUT2D eigenvalue weighted by Crippen LogP contribution is 2.20. The minimum absolute atomic E-state index is 0.0300. The maximum Gasteiger partial charge on any atom is 0.254 e. The van der Waals surface area contributed by atoms with Crippen LogP contribution in [0.3, 0.4) is 0 Å². The van der Waals surface area contributed by atoms with E-state index in [4.69, 9.17) is 4.74 Å². The van der Waals surface area contributed by atoms with Crippen molar-refractivity contribution in [3.63, 3.8) is 0 Å². The summed E-state index contributed by atoms with van der Waals surface area (Å²) in [6, 6.07) is 13.8. The number of carbonyl (C=O) groups excluding carboxylic acids is 1. The Labute approximate surface area is 127 Å². The van der Waals surface area contributed by atoms with E-state index in [2.05, 4.69) is 15.9 Å². The number of carbonyl (C=O) groups is 1. The molecule has 0 saturated heterocycles. The van der Waals surface area contributed by atoms with Gasteiger partial charge < -0.3 is 9.64 Å². The van der Waals surface area contributed by atoms with E-state index in [1.807, 2.05) is 49.5 Å². The van der Waals surface area contributed by atoms with Crippen molar-refractivity contribution in [1.82, 2.24) is 4.90 Å². The molecule has 3 nitrogen and oxygen atoms in total. The van der Waals surface area contributed by atoms with E-state index in [0.29, 0.717) is 13.2 Å². The Kier molecular flexibility index (Phi) is 5.15. The van der Waals surface area contributed by atoms with Crippen LogP contribution in [0.2, 0.25) is 0 Å². The van der Waals surface area contributed by atoms with Gasteiger partial charge in [-0.05, 0) is 16.8 Å². The zero-order valence-electron chi connectivity index (χ0n) is 11.7. The predicted molar refractivity (Wildman–Crippen MR) is 85.5 cm³/mol. The van der Waals surface area contributed by atoms with Gasteiger partial charge in [0.2, 0.25) is 0 Å². The van der Waals surface area contributed by atoms with Gasteiger partial charge >= 0.3 is 0 Å². The van der Waals surface area contributed by atoms with Crippen molar-refractivity contribution in [2.75, 3.05) is 27.3 Å². The van der Waals surface area contributed by atoms with Crippen LogP contribution in [0.15, 0.2) is 42.5 Å². The van der Waals surface area contributed by atoms with Crippen LogP contribution < -0.4 is 0 Å². The molecule has 0 spiro atoms. The second kappa shape index (κ2) is 6.86. The Hall–Kier alpha value is -1.39. The third-order valence-electron chi connectivity index (χ3n) is 3.19. The average Bonchev–Trinajstić information content (AvgIpc) is 2.46. The fourth-order valence-electron chi connectivity index (χ4n) is 2.23. The molecule has 4 heteroatoms. The molecule has 2 aromatic rings. The Morgan fingerprint density at radius 2 is 1.95 bits per heavy atom. The van der Waals surface area contributed by atoms with Crippen LogP contribution in [0.5, 0.6) is 0 Å². The lowest BCUT2D eigenvalue weighted by Gasteiger charge is -2.21. The van der Waals surface area contributed by atoms with Crippen molar-refractivity contribution in [2.24, 2.45) is 0 Å². The summed E-state index contributed by atoms with van der Waals surface area (Å²) in [6.07, 6.45) is 0. The van der Waals surface area contributed by atoms with Gasteiger partial charge in [-0.15, -0.1) is 0 Å².